The van der Waals surface area contributed by atoms with Gasteiger partial charge in [0.2, 0.25) is 0 Å². The average molecular weight is 439 g/mol. The van der Waals surface area contributed by atoms with Crippen molar-refractivity contribution in [2.75, 3.05) is 29.0 Å². The van der Waals surface area contributed by atoms with Crippen molar-refractivity contribution >= 4 is 28.7 Å². The van der Waals surface area contributed by atoms with Gasteiger partial charge in [0.15, 0.2) is 0 Å². The van der Waals surface area contributed by atoms with Crippen LogP contribution in [-0.4, -0.2) is 23.9 Å². The molecule has 0 spiro atoms. The molecule has 3 aliphatic rings. The fourth-order valence-corrected chi connectivity index (χ4v) is 5.10. The molecule has 1 fully saturated rings. The highest BCUT2D eigenvalue weighted by Crippen LogP contribution is 2.46. The minimum Gasteiger partial charge on any atom is -0.360 e. The summed E-state index contributed by atoms with van der Waals surface area (Å²) in [5, 5.41) is 10.8. The van der Waals surface area contributed by atoms with Gasteiger partial charge in [0.05, 0.1) is 11.4 Å². The number of hydrogen-bond acceptors (Lipinski definition) is 4. The highest BCUT2D eigenvalue weighted by atomic mass is 16.2. The normalized spacial score (nSPS) is 18.2. The first-order valence-corrected chi connectivity index (χ1v) is 11.9. The van der Waals surface area contributed by atoms with Gasteiger partial charge in [0.1, 0.15) is 6.17 Å². The Kier molecular flexibility index (Phi) is 4.61. The summed E-state index contributed by atoms with van der Waals surface area (Å²) >= 11 is 0. The average Bonchev–Trinajstić information content (AvgIpc) is 3.38. The molecule has 33 heavy (non-hydrogen) atoms. The summed E-state index contributed by atoms with van der Waals surface area (Å²) in [7, 11) is 0. The van der Waals surface area contributed by atoms with Crippen molar-refractivity contribution in [3.63, 3.8) is 0 Å². The van der Waals surface area contributed by atoms with Gasteiger partial charge in [-0.1, -0.05) is 31.2 Å². The number of aryl methyl sites for hydroxylation is 1. The van der Waals surface area contributed by atoms with Crippen LogP contribution in [0.5, 0.6) is 0 Å². The summed E-state index contributed by atoms with van der Waals surface area (Å²) in [5.41, 5.74) is 9.06. The van der Waals surface area contributed by atoms with E-state index in [0.717, 1.165) is 53.4 Å². The largest absolute Gasteiger partial charge is 0.360 e. The second kappa shape index (κ2) is 7.55. The van der Waals surface area contributed by atoms with E-state index >= 15 is 0 Å². The van der Waals surface area contributed by atoms with Crippen LogP contribution in [0.1, 0.15) is 53.0 Å². The lowest BCUT2D eigenvalue weighted by molar-refractivity contribution is 0.0707. The lowest BCUT2D eigenvalue weighted by Gasteiger charge is -2.32. The molecule has 3 aromatic rings. The van der Waals surface area contributed by atoms with Crippen LogP contribution in [0.25, 0.3) is 0 Å². The third-order valence-electron chi connectivity index (χ3n) is 7.40. The van der Waals surface area contributed by atoms with Crippen molar-refractivity contribution in [3.8, 4) is 0 Å². The van der Waals surface area contributed by atoms with Crippen LogP contribution in [0.3, 0.4) is 0 Å². The van der Waals surface area contributed by atoms with Crippen molar-refractivity contribution in [2.45, 2.75) is 39.3 Å². The zero-order chi connectivity index (χ0) is 22.6. The molecule has 1 aliphatic carbocycles. The van der Waals surface area contributed by atoms with Gasteiger partial charge >= 0.3 is 0 Å². The number of carbonyl (C=O) groups excluding carboxylic acids is 1. The molecule has 1 amide bonds. The van der Waals surface area contributed by atoms with E-state index in [4.69, 9.17) is 0 Å². The van der Waals surface area contributed by atoms with Crippen molar-refractivity contribution < 1.29 is 4.79 Å². The summed E-state index contributed by atoms with van der Waals surface area (Å²) in [6.45, 7) is 6.11. The van der Waals surface area contributed by atoms with Gasteiger partial charge in [0.25, 0.3) is 5.91 Å². The first-order valence-electron chi connectivity index (χ1n) is 11.9. The number of anilines is 4. The van der Waals surface area contributed by atoms with E-state index in [-0.39, 0.29) is 12.1 Å². The van der Waals surface area contributed by atoms with Crippen LogP contribution in [0.2, 0.25) is 0 Å². The Hall–Kier alpha value is -3.47. The summed E-state index contributed by atoms with van der Waals surface area (Å²) < 4.78 is 0. The third kappa shape index (κ3) is 3.71. The van der Waals surface area contributed by atoms with E-state index in [1.807, 2.05) is 24.3 Å². The number of amides is 1. The minimum atomic E-state index is 0.0350. The molecule has 5 heteroatoms. The number of nitrogens with zero attached hydrogens (tertiary/aromatic N) is 1. The predicted octanol–water partition coefficient (Wildman–Crippen LogP) is 6.07. The summed E-state index contributed by atoms with van der Waals surface area (Å²) in [6, 6.07) is 20.8. The zero-order valence-electron chi connectivity index (χ0n) is 19.2. The summed E-state index contributed by atoms with van der Waals surface area (Å²) in [4.78, 5) is 15.2. The number of benzene rings is 3. The molecule has 6 rings (SSSR count). The van der Waals surface area contributed by atoms with Gasteiger partial charge in [-0.15, -0.1) is 0 Å². The van der Waals surface area contributed by atoms with Gasteiger partial charge in [-0.2, -0.15) is 0 Å². The molecule has 0 bridgehead atoms. The number of para-hydroxylation sites is 2. The second-order valence-electron chi connectivity index (χ2n) is 10.1. The van der Waals surface area contributed by atoms with Crippen LogP contribution < -0.4 is 16.0 Å². The quantitative estimate of drug-likeness (QED) is 0.452. The number of fused-ring (bicyclic) bond motifs is 2. The van der Waals surface area contributed by atoms with Gasteiger partial charge in [-0.25, -0.2) is 0 Å². The molecule has 0 atom stereocenters. The Bertz CT molecular complexity index is 1220. The van der Waals surface area contributed by atoms with Crippen LogP contribution in [0.4, 0.5) is 22.7 Å². The molecular formula is C28H30N4O. The van der Waals surface area contributed by atoms with Crippen LogP contribution in [-0.2, 0) is 6.42 Å². The maximum absolute atomic E-state index is 13.2. The Morgan fingerprint density at radius 3 is 2.52 bits per heavy atom. The number of rotatable bonds is 5. The van der Waals surface area contributed by atoms with E-state index in [1.165, 1.54) is 24.0 Å². The summed E-state index contributed by atoms with van der Waals surface area (Å²) in [6.07, 6.45) is 3.39. The fraction of sp³-hybridized carbons (Fsp3) is 0.321. The molecule has 5 nitrogen and oxygen atoms in total. The first kappa shape index (κ1) is 20.2. The van der Waals surface area contributed by atoms with E-state index in [0.29, 0.717) is 5.41 Å². The zero-order valence-corrected chi connectivity index (χ0v) is 19.2. The van der Waals surface area contributed by atoms with E-state index in [2.05, 4.69) is 71.1 Å². The van der Waals surface area contributed by atoms with Crippen LogP contribution >= 0.6 is 0 Å². The predicted molar refractivity (Wildman–Crippen MR) is 134 cm³/mol. The standard InChI is InChI=1S/C28H30N4O/c1-18-10-11-19(16-22(18)26-30-24-7-3-4-8-25(24)31-26)29-23-9-5-6-21-20(23)12-15-32(27(21)33)17-28(2)13-14-28/h3-11,16,26,29-31H,12-15,17H2,1-2H3. The SMILES string of the molecule is Cc1ccc(Nc2cccc3c2CCN(CC2(C)CC2)C3=O)cc1C1Nc2ccccc2N1. The van der Waals surface area contributed by atoms with Crippen molar-refractivity contribution in [1.82, 2.24) is 4.90 Å². The van der Waals surface area contributed by atoms with Crippen molar-refractivity contribution in [1.29, 1.82) is 0 Å². The van der Waals surface area contributed by atoms with Crippen molar-refractivity contribution in [2.24, 2.45) is 5.41 Å². The molecule has 0 saturated heterocycles. The van der Waals surface area contributed by atoms with Gasteiger partial charge in [-0.3, -0.25) is 4.79 Å². The highest BCUT2D eigenvalue weighted by molar-refractivity contribution is 5.98. The molecule has 3 aromatic carbocycles. The van der Waals surface area contributed by atoms with Crippen LogP contribution in [0.15, 0.2) is 60.7 Å². The maximum Gasteiger partial charge on any atom is 0.254 e. The Balaban J connectivity index is 1.25. The molecule has 0 aromatic heterocycles. The molecule has 168 valence electrons. The maximum atomic E-state index is 13.2. The number of nitrogens with one attached hydrogen (secondary N) is 3. The van der Waals surface area contributed by atoms with Crippen molar-refractivity contribution in [3.05, 3.63) is 82.9 Å². The Morgan fingerprint density at radius 1 is 1.03 bits per heavy atom. The smallest absolute Gasteiger partial charge is 0.254 e. The van der Waals surface area contributed by atoms with E-state index in [9.17, 15) is 4.79 Å². The van der Waals surface area contributed by atoms with Gasteiger partial charge in [-0.05, 0) is 84.7 Å². The molecule has 2 aliphatic heterocycles. The molecule has 0 unspecified atom stereocenters. The monoisotopic (exact) mass is 438 g/mol. The topological polar surface area (TPSA) is 56.4 Å². The van der Waals surface area contributed by atoms with E-state index < -0.39 is 0 Å². The molecule has 0 radical (unpaired) electrons. The highest BCUT2D eigenvalue weighted by Gasteiger charge is 2.41. The summed E-state index contributed by atoms with van der Waals surface area (Å²) in [5.74, 6) is 0.176. The lowest BCUT2D eigenvalue weighted by atomic mass is 9.95. The second-order valence-corrected chi connectivity index (χ2v) is 10.1. The lowest BCUT2D eigenvalue weighted by Crippen LogP contribution is -2.40. The number of hydrogen-bond donors (Lipinski definition) is 3. The minimum absolute atomic E-state index is 0.0350. The Labute approximate surface area is 195 Å². The molecule has 1 saturated carbocycles. The van der Waals surface area contributed by atoms with Gasteiger partial charge < -0.3 is 20.9 Å². The third-order valence-corrected chi connectivity index (χ3v) is 7.40. The van der Waals surface area contributed by atoms with Gasteiger partial charge in [0, 0.05) is 30.0 Å². The Morgan fingerprint density at radius 2 is 1.79 bits per heavy atom. The molecule has 2 heterocycles. The van der Waals surface area contributed by atoms with Crippen LogP contribution in [0, 0.1) is 12.3 Å². The van der Waals surface area contributed by atoms with E-state index in [1.54, 1.807) is 0 Å². The fourth-order valence-electron chi connectivity index (χ4n) is 5.10. The first-order chi connectivity index (χ1) is 16.0. The number of carbonyl (C=O) groups is 1. The molecule has 3 N–H and O–H groups in total. The molecular weight excluding hydrogens is 408 g/mol.